The number of fused-ring (bicyclic) bond motifs is 1. The zero-order chi connectivity index (χ0) is 19.3. The summed E-state index contributed by atoms with van der Waals surface area (Å²) in [6.45, 7) is 2.64. The van der Waals surface area contributed by atoms with E-state index < -0.39 is 0 Å². The number of methoxy groups -OCH3 is 1. The lowest BCUT2D eigenvalue weighted by Gasteiger charge is -2.32. The van der Waals surface area contributed by atoms with E-state index in [1.165, 1.54) is 10.8 Å². The van der Waals surface area contributed by atoms with Crippen LogP contribution in [0.3, 0.4) is 0 Å². The van der Waals surface area contributed by atoms with Gasteiger partial charge in [0.1, 0.15) is 23.7 Å². The van der Waals surface area contributed by atoms with Crippen molar-refractivity contribution >= 4 is 22.4 Å². The molecular weight excluding hydrogens is 352 g/mol. The van der Waals surface area contributed by atoms with Crippen LogP contribution in [0.5, 0.6) is 5.75 Å². The zero-order valence-corrected chi connectivity index (χ0v) is 16.1. The van der Waals surface area contributed by atoms with Crippen molar-refractivity contribution in [3.63, 3.8) is 0 Å². The summed E-state index contributed by atoms with van der Waals surface area (Å²) >= 11 is 0. The third-order valence-electron chi connectivity index (χ3n) is 5.42. The molecule has 146 valence electrons. The van der Waals surface area contributed by atoms with Crippen LogP contribution in [0.25, 0.3) is 10.8 Å². The number of aromatic nitrogens is 2. The second-order valence-electron chi connectivity index (χ2n) is 7.22. The Bertz CT molecular complexity index is 947. The monoisotopic (exact) mass is 378 g/mol. The molecule has 0 radical (unpaired) electrons. The zero-order valence-electron chi connectivity index (χ0n) is 16.1. The fraction of sp³-hybridized carbons (Fsp3) is 0.364. The number of ether oxygens (including phenoxy) is 1. The number of hydrogen-bond donors (Lipinski definition) is 2. The highest BCUT2D eigenvalue weighted by atomic mass is 16.5. The maximum atomic E-state index is 9.47. The van der Waals surface area contributed by atoms with Crippen molar-refractivity contribution in [2.45, 2.75) is 19.4 Å². The fourth-order valence-electron chi connectivity index (χ4n) is 3.91. The maximum Gasteiger partial charge on any atom is 0.134 e. The molecule has 2 N–H and O–H groups in total. The third kappa shape index (κ3) is 3.87. The van der Waals surface area contributed by atoms with Gasteiger partial charge in [-0.05, 0) is 35.6 Å². The lowest BCUT2D eigenvalue weighted by molar-refractivity contribution is 0.208. The van der Waals surface area contributed by atoms with E-state index in [-0.39, 0.29) is 6.61 Å². The van der Waals surface area contributed by atoms with Crippen molar-refractivity contribution in [3.8, 4) is 5.75 Å². The predicted molar refractivity (Wildman–Crippen MR) is 112 cm³/mol. The Hall–Kier alpha value is -2.86. The summed E-state index contributed by atoms with van der Waals surface area (Å²) in [4.78, 5) is 11.1. The highest BCUT2D eigenvalue weighted by Crippen LogP contribution is 2.29. The van der Waals surface area contributed by atoms with E-state index in [1.54, 1.807) is 13.4 Å². The number of aliphatic hydroxyl groups excluding tert-OH is 1. The summed E-state index contributed by atoms with van der Waals surface area (Å²) in [6.07, 6.45) is 3.75. The van der Waals surface area contributed by atoms with Gasteiger partial charge in [0.2, 0.25) is 0 Å². The summed E-state index contributed by atoms with van der Waals surface area (Å²) in [5, 5.41) is 15.3. The lowest BCUT2D eigenvalue weighted by Crippen LogP contribution is -2.37. The van der Waals surface area contributed by atoms with E-state index in [2.05, 4.69) is 38.4 Å². The van der Waals surface area contributed by atoms with Crippen LogP contribution in [0, 0.1) is 5.92 Å². The molecule has 1 aromatic heterocycles. The van der Waals surface area contributed by atoms with Gasteiger partial charge in [0.25, 0.3) is 0 Å². The number of aliphatic hydroxyl groups is 1. The van der Waals surface area contributed by atoms with Crippen molar-refractivity contribution in [3.05, 3.63) is 54.4 Å². The van der Waals surface area contributed by atoms with Crippen LogP contribution in [-0.4, -0.2) is 41.9 Å². The molecule has 28 heavy (non-hydrogen) atoms. The van der Waals surface area contributed by atoms with E-state index in [1.807, 2.05) is 24.3 Å². The Kier molecular flexibility index (Phi) is 5.58. The van der Waals surface area contributed by atoms with E-state index in [4.69, 9.17) is 4.74 Å². The van der Waals surface area contributed by atoms with Gasteiger partial charge in [0, 0.05) is 37.9 Å². The summed E-state index contributed by atoms with van der Waals surface area (Å²) in [5.74, 6) is 2.87. The molecule has 2 heterocycles. The predicted octanol–water partition coefficient (Wildman–Crippen LogP) is 3.46. The highest BCUT2D eigenvalue weighted by Gasteiger charge is 2.20. The molecule has 1 aliphatic rings. The smallest absolute Gasteiger partial charge is 0.134 e. The van der Waals surface area contributed by atoms with Crippen LogP contribution in [-0.2, 0) is 6.54 Å². The first-order valence-corrected chi connectivity index (χ1v) is 9.75. The molecule has 0 bridgehead atoms. The van der Waals surface area contributed by atoms with E-state index in [0.717, 1.165) is 48.9 Å². The van der Waals surface area contributed by atoms with E-state index in [0.29, 0.717) is 12.5 Å². The largest absolute Gasteiger partial charge is 0.496 e. The van der Waals surface area contributed by atoms with Crippen LogP contribution < -0.4 is 15.0 Å². The van der Waals surface area contributed by atoms with Crippen LogP contribution >= 0.6 is 0 Å². The summed E-state index contributed by atoms with van der Waals surface area (Å²) in [5.41, 5.74) is 1.11. The number of piperidine rings is 1. The van der Waals surface area contributed by atoms with Crippen molar-refractivity contribution in [1.82, 2.24) is 9.97 Å². The molecular formula is C22H26N4O2. The molecule has 1 unspecified atom stereocenters. The van der Waals surface area contributed by atoms with Gasteiger partial charge in [-0.25, -0.2) is 9.97 Å². The molecule has 6 heteroatoms. The van der Waals surface area contributed by atoms with Gasteiger partial charge in [-0.1, -0.05) is 30.3 Å². The Morgan fingerprint density at radius 3 is 2.96 bits per heavy atom. The number of benzene rings is 2. The van der Waals surface area contributed by atoms with Gasteiger partial charge >= 0.3 is 0 Å². The summed E-state index contributed by atoms with van der Waals surface area (Å²) < 4.78 is 5.58. The standard InChI is InChI=1S/C22H26N4O2/c1-28-20-9-8-17-6-2-3-7-18(17)19(20)12-23-21-11-22(25-15-24-21)26-10-4-5-16(13-26)14-27/h2-3,6-9,11,15-16,27H,4-5,10,12-14H2,1H3,(H,23,24,25). The number of rotatable bonds is 6. The SMILES string of the molecule is COc1ccc2ccccc2c1CNc1cc(N2CCCC(CO)C2)ncn1. The van der Waals surface area contributed by atoms with Crippen molar-refractivity contribution in [2.24, 2.45) is 5.92 Å². The molecule has 1 saturated heterocycles. The first-order valence-electron chi connectivity index (χ1n) is 9.75. The minimum absolute atomic E-state index is 0.230. The van der Waals surface area contributed by atoms with Gasteiger partial charge < -0.3 is 20.1 Å². The summed E-state index contributed by atoms with van der Waals surface area (Å²) in [7, 11) is 1.70. The van der Waals surface area contributed by atoms with Crippen LogP contribution in [0.15, 0.2) is 48.8 Å². The molecule has 0 amide bonds. The molecule has 6 nitrogen and oxygen atoms in total. The summed E-state index contributed by atoms with van der Waals surface area (Å²) in [6, 6.07) is 14.4. The van der Waals surface area contributed by atoms with E-state index in [9.17, 15) is 5.11 Å². The number of anilines is 2. The molecule has 0 aliphatic carbocycles. The maximum absolute atomic E-state index is 9.47. The second-order valence-corrected chi connectivity index (χ2v) is 7.22. The van der Waals surface area contributed by atoms with Crippen LogP contribution in [0.1, 0.15) is 18.4 Å². The quantitative estimate of drug-likeness (QED) is 0.685. The third-order valence-corrected chi connectivity index (χ3v) is 5.42. The minimum Gasteiger partial charge on any atom is -0.496 e. The first kappa shape index (κ1) is 18.5. The molecule has 0 saturated carbocycles. The number of hydrogen-bond acceptors (Lipinski definition) is 6. The van der Waals surface area contributed by atoms with Crippen LogP contribution in [0.4, 0.5) is 11.6 Å². The average molecular weight is 378 g/mol. The van der Waals surface area contributed by atoms with Gasteiger partial charge in [-0.3, -0.25) is 0 Å². The van der Waals surface area contributed by atoms with Crippen molar-refractivity contribution in [2.75, 3.05) is 37.0 Å². The highest BCUT2D eigenvalue weighted by molar-refractivity contribution is 5.88. The minimum atomic E-state index is 0.230. The van der Waals surface area contributed by atoms with Crippen molar-refractivity contribution < 1.29 is 9.84 Å². The van der Waals surface area contributed by atoms with Gasteiger partial charge in [0.15, 0.2) is 0 Å². The molecule has 0 spiro atoms. The van der Waals surface area contributed by atoms with E-state index >= 15 is 0 Å². The fourth-order valence-corrected chi connectivity index (χ4v) is 3.91. The van der Waals surface area contributed by atoms with Crippen molar-refractivity contribution in [1.29, 1.82) is 0 Å². The molecule has 2 aromatic carbocycles. The second kappa shape index (κ2) is 8.44. The van der Waals surface area contributed by atoms with Crippen LogP contribution in [0.2, 0.25) is 0 Å². The van der Waals surface area contributed by atoms with Gasteiger partial charge in [0.05, 0.1) is 7.11 Å². The normalized spacial score (nSPS) is 16.9. The Labute approximate surface area is 165 Å². The molecule has 4 rings (SSSR count). The van der Waals surface area contributed by atoms with Gasteiger partial charge in [-0.2, -0.15) is 0 Å². The number of nitrogens with one attached hydrogen (secondary N) is 1. The Morgan fingerprint density at radius 2 is 2.11 bits per heavy atom. The molecule has 3 aromatic rings. The molecule has 1 fully saturated rings. The lowest BCUT2D eigenvalue weighted by atomic mass is 9.99. The topological polar surface area (TPSA) is 70.5 Å². The number of nitrogens with zero attached hydrogens (tertiary/aromatic N) is 3. The Balaban J connectivity index is 1.54. The van der Waals surface area contributed by atoms with Gasteiger partial charge in [-0.15, -0.1) is 0 Å². The average Bonchev–Trinajstić information content (AvgIpc) is 2.77. The Morgan fingerprint density at radius 1 is 1.21 bits per heavy atom. The first-order chi connectivity index (χ1) is 13.8. The molecule has 1 atom stereocenters. The molecule has 1 aliphatic heterocycles.